The van der Waals surface area contributed by atoms with E-state index in [9.17, 15) is 13.6 Å². The molecule has 2 rings (SSSR count). The first-order valence-corrected chi connectivity index (χ1v) is 4.92. The normalized spacial score (nSPS) is 27.4. The average Bonchev–Trinajstić information content (AvgIpc) is 2.71. The van der Waals surface area contributed by atoms with Crippen molar-refractivity contribution < 1.29 is 18.7 Å². The standard InChI is InChI=1S/C9H6BrF2NO2/c10-6-1-5(2-13-3-6)8(7(14)15)4-9(8,11)12/h1-3H,4H2,(H,14,15). The van der Waals surface area contributed by atoms with E-state index in [1.807, 2.05) is 0 Å². The maximum absolute atomic E-state index is 13.1. The lowest BCUT2D eigenvalue weighted by molar-refractivity contribution is -0.142. The number of hydrogen-bond donors (Lipinski definition) is 1. The van der Waals surface area contributed by atoms with E-state index in [4.69, 9.17) is 5.11 Å². The van der Waals surface area contributed by atoms with E-state index in [1.165, 1.54) is 18.5 Å². The largest absolute Gasteiger partial charge is 0.480 e. The molecule has 1 saturated carbocycles. The lowest BCUT2D eigenvalue weighted by Crippen LogP contribution is -2.27. The van der Waals surface area contributed by atoms with Crippen LogP contribution in [-0.2, 0) is 10.2 Å². The summed E-state index contributed by atoms with van der Waals surface area (Å²) in [5, 5.41) is 8.86. The van der Waals surface area contributed by atoms with Crippen LogP contribution in [0.1, 0.15) is 12.0 Å². The zero-order valence-electron chi connectivity index (χ0n) is 7.38. The molecule has 1 unspecified atom stereocenters. The monoisotopic (exact) mass is 277 g/mol. The molecule has 6 heteroatoms. The maximum atomic E-state index is 13.1. The van der Waals surface area contributed by atoms with E-state index in [1.54, 1.807) is 0 Å². The van der Waals surface area contributed by atoms with Crippen LogP contribution in [0.15, 0.2) is 22.9 Å². The quantitative estimate of drug-likeness (QED) is 0.902. The highest BCUT2D eigenvalue weighted by molar-refractivity contribution is 9.10. The van der Waals surface area contributed by atoms with Gasteiger partial charge < -0.3 is 5.11 Å². The smallest absolute Gasteiger partial charge is 0.320 e. The Hall–Kier alpha value is -1.04. The molecule has 1 aromatic heterocycles. The summed E-state index contributed by atoms with van der Waals surface area (Å²) in [7, 11) is 0. The first-order valence-electron chi connectivity index (χ1n) is 4.12. The Labute approximate surface area is 92.3 Å². The molecule has 80 valence electrons. The Balaban J connectivity index is 2.50. The molecule has 0 saturated heterocycles. The third-order valence-electron chi connectivity index (χ3n) is 2.55. The van der Waals surface area contributed by atoms with Crippen LogP contribution in [0.4, 0.5) is 8.78 Å². The van der Waals surface area contributed by atoms with Gasteiger partial charge in [0, 0.05) is 23.3 Å². The number of carbonyl (C=O) groups is 1. The van der Waals surface area contributed by atoms with Crippen LogP contribution in [0.3, 0.4) is 0 Å². The summed E-state index contributed by atoms with van der Waals surface area (Å²) in [6, 6.07) is 1.36. The van der Waals surface area contributed by atoms with Crippen LogP contribution >= 0.6 is 15.9 Å². The van der Waals surface area contributed by atoms with Gasteiger partial charge in [-0.05, 0) is 27.6 Å². The number of aromatic nitrogens is 1. The number of nitrogens with zero attached hydrogens (tertiary/aromatic N) is 1. The molecule has 0 bridgehead atoms. The van der Waals surface area contributed by atoms with Gasteiger partial charge in [0.2, 0.25) is 0 Å². The summed E-state index contributed by atoms with van der Waals surface area (Å²) >= 11 is 3.07. The summed E-state index contributed by atoms with van der Waals surface area (Å²) in [5.74, 6) is -4.69. The Bertz CT molecular complexity index is 438. The minimum Gasteiger partial charge on any atom is -0.480 e. The minimum absolute atomic E-state index is 0.0365. The van der Waals surface area contributed by atoms with E-state index in [0.717, 1.165) is 0 Å². The summed E-state index contributed by atoms with van der Waals surface area (Å²) in [4.78, 5) is 14.6. The van der Waals surface area contributed by atoms with Crippen molar-refractivity contribution in [3.63, 3.8) is 0 Å². The molecule has 1 fully saturated rings. The van der Waals surface area contributed by atoms with Gasteiger partial charge in [0.1, 0.15) is 0 Å². The summed E-state index contributed by atoms with van der Waals surface area (Å²) in [6.45, 7) is 0. The Morgan fingerprint density at radius 2 is 2.13 bits per heavy atom. The van der Waals surface area contributed by atoms with Crippen LogP contribution in [-0.4, -0.2) is 22.0 Å². The zero-order valence-corrected chi connectivity index (χ0v) is 8.96. The molecule has 1 N–H and O–H groups in total. The second kappa shape index (κ2) is 2.98. The number of carboxylic acid groups (broad SMARTS) is 1. The topological polar surface area (TPSA) is 50.2 Å². The van der Waals surface area contributed by atoms with Crippen molar-refractivity contribution in [3.8, 4) is 0 Å². The molecule has 0 aromatic carbocycles. The first-order chi connectivity index (χ1) is 6.90. The maximum Gasteiger partial charge on any atom is 0.320 e. The highest BCUT2D eigenvalue weighted by atomic mass is 79.9. The molecule has 3 nitrogen and oxygen atoms in total. The van der Waals surface area contributed by atoms with Gasteiger partial charge in [-0.3, -0.25) is 9.78 Å². The van der Waals surface area contributed by atoms with Gasteiger partial charge in [-0.1, -0.05) is 0 Å². The highest BCUT2D eigenvalue weighted by Crippen LogP contribution is 2.61. The third kappa shape index (κ3) is 1.35. The number of rotatable bonds is 2. The molecule has 1 atom stereocenters. The average molecular weight is 278 g/mol. The van der Waals surface area contributed by atoms with E-state index < -0.39 is 23.7 Å². The second-order valence-electron chi connectivity index (χ2n) is 3.48. The summed E-state index contributed by atoms with van der Waals surface area (Å²) in [6.07, 6.45) is 1.92. The van der Waals surface area contributed by atoms with Gasteiger partial charge in [-0.25, -0.2) is 8.78 Å². The number of pyridine rings is 1. The van der Waals surface area contributed by atoms with E-state index in [-0.39, 0.29) is 5.56 Å². The molecule has 1 aliphatic rings. The fourth-order valence-electron chi connectivity index (χ4n) is 1.60. The van der Waals surface area contributed by atoms with Crippen LogP contribution < -0.4 is 0 Å². The third-order valence-corrected chi connectivity index (χ3v) is 2.98. The Morgan fingerprint density at radius 3 is 2.53 bits per heavy atom. The molecule has 0 amide bonds. The second-order valence-corrected chi connectivity index (χ2v) is 4.40. The molecular weight excluding hydrogens is 272 g/mol. The minimum atomic E-state index is -3.18. The zero-order chi connectivity index (χ0) is 11.3. The van der Waals surface area contributed by atoms with E-state index in [2.05, 4.69) is 20.9 Å². The van der Waals surface area contributed by atoms with Gasteiger partial charge in [0.25, 0.3) is 5.92 Å². The van der Waals surface area contributed by atoms with Gasteiger partial charge >= 0.3 is 5.97 Å². The predicted molar refractivity (Wildman–Crippen MR) is 50.8 cm³/mol. The Morgan fingerprint density at radius 1 is 1.53 bits per heavy atom. The van der Waals surface area contributed by atoms with Gasteiger partial charge in [0.05, 0.1) is 0 Å². The fourth-order valence-corrected chi connectivity index (χ4v) is 1.97. The van der Waals surface area contributed by atoms with Crippen molar-refractivity contribution in [2.75, 3.05) is 0 Å². The van der Waals surface area contributed by atoms with Crippen molar-refractivity contribution >= 4 is 21.9 Å². The summed E-state index contributed by atoms with van der Waals surface area (Å²) in [5.41, 5.74) is -2.04. The molecule has 0 spiro atoms. The lowest BCUT2D eigenvalue weighted by Gasteiger charge is -2.10. The molecule has 0 aliphatic heterocycles. The van der Waals surface area contributed by atoms with Crippen molar-refractivity contribution in [3.05, 3.63) is 28.5 Å². The molecule has 0 radical (unpaired) electrons. The number of hydrogen-bond acceptors (Lipinski definition) is 2. The number of aliphatic carboxylic acids is 1. The van der Waals surface area contributed by atoms with Crippen LogP contribution in [0, 0.1) is 0 Å². The van der Waals surface area contributed by atoms with Crippen molar-refractivity contribution in [2.24, 2.45) is 0 Å². The predicted octanol–water partition coefficient (Wildman–Crippen LogP) is 2.21. The molecule has 1 aromatic rings. The van der Waals surface area contributed by atoms with Crippen molar-refractivity contribution in [1.82, 2.24) is 4.98 Å². The molecule has 15 heavy (non-hydrogen) atoms. The van der Waals surface area contributed by atoms with Crippen LogP contribution in [0.5, 0.6) is 0 Å². The van der Waals surface area contributed by atoms with Crippen molar-refractivity contribution in [2.45, 2.75) is 17.8 Å². The molecule has 1 heterocycles. The van der Waals surface area contributed by atoms with Crippen LogP contribution in [0.25, 0.3) is 0 Å². The van der Waals surface area contributed by atoms with E-state index in [0.29, 0.717) is 4.47 Å². The molecular formula is C9H6BrF2NO2. The summed E-state index contributed by atoms with van der Waals surface area (Å²) < 4.78 is 26.7. The van der Waals surface area contributed by atoms with Crippen LogP contribution in [0.2, 0.25) is 0 Å². The lowest BCUT2D eigenvalue weighted by atomic mass is 9.97. The van der Waals surface area contributed by atoms with Gasteiger partial charge in [0.15, 0.2) is 5.41 Å². The number of carboxylic acids is 1. The number of halogens is 3. The van der Waals surface area contributed by atoms with Gasteiger partial charge in [-0.15, -0.1) is 0 Å². The molecule has 1 aliphatic carbocycles. The number of alkyl halides is 2. The fraction of sp³-hybridized carbons (Fsp3) is 0.333. The van der Waals surface area contributed by atoms with Gasteiger partial charge in [-0.2, -0.15) is 0 Å². The SMILES string of the molecule is O=C(O)C1(c2cncc(Br)c2)CC1(F)F. The van der Waals surface area contributed by atoms with Crippen molar-refractivity contribution in [1.29, 1.82) is 0 Å². The van der Waals surface area contributed by atoms with E-state index >= 15 is 0 Å². The first kappa shape index (κ1) is 10.5. The Kier molecular flexibility index (Phi) is 2.08. The highest BCUT2D eigenvalue weighted by Gasteiger charge is 2.77.